The third-order valence-electron chi connectivity index (χ3n) is 3.38. The molecule has 1 aliphatic rings. The van der Waals surface area contributed by atoms with Crippen molar-refractivity contribution in [2.24, 2.45) is 0 Å². The monoisotopic (exact) mass is 307 g/mol. The molecule has 3 rings (SSSR count). The van der Waals surface area contributed by atoms with Gasteiger partial charge in [0.25, 0.3) is 0 Å². The summed E-state index contributed by atoms with van der Waals surface area (Å²) in [4.78, 5) is 6.94. The van der Waals surface area contributed by atoms with Crippen LogP contribution in [0.15, 0.2) is 29.6 Å². The zero-order valence-corrected chi connectivity index (χ0v) is 12.5. The minimum Gasteiger partial charge on any atom is -0.385 e. The lowest BCUT2D eigenvalue weighted by molar-refractivity contribution is 0.122. The second-order valence-electron chi connectivity index (χ2n) is 4.90. The Kier molecular flexibility index (Phi) is 4.67. The van der Waals surface area contributed by atoms with E-state index in [1.54, 1.807) is 23.5 Å². The van der Waals surface area contributed by atoms with Gasteiger partial charge in [-0.2, -0.15) is 0 Å². The van der Waals surface area contributed by atoms with E-state index in [1.165, 1.54) is 12.1 Å². The van der Waals surface area contributed by atoms with E-state index in [4.69, 9.17) is 4.74 Å². The van der Waals surface area contributed by atoms with E-state index in [0.29, 0.717) is 0 Å². The number of ether oxygens (including phenoxy) is 1. The van der Waals surface area contributed by atoms with Gasteiger partial charge in [-0.1, -0.05) is 0 Å². The molecule has 2 aromatic rings. The molecule has 0 aliphatic carbocycles. The summed E-state index contributed by atoms with van der Waals surface area (Å²) in [5.41, 5.74) is 2.02. The first-order valence-electron chi connectivity index (χ1n) is 7.08. The van der Waals surface area contributed by atoms with Crippen LogP contribution in [-0.2, 0) is 11.2 Å². The summed E-state index contributed by atoms with van der Waals surface area (Å²) in [7, 11) is 0. The highest BCUT2D eigenvalue weighted by Gasteiger charge is 2.14. The molecule has 6 heteroatoms. The normalized spacial score (nSPS) is 15.2. The van der Waals surface area contributed by atoms with E-state index >= 15 is 0 Å². The standard InChI is InChI=1S/C15H18FN3OS/c16-12-1-3-13(4-2-12)17-6-5-14-11-21-15(18-14)19-7-9-20-10-8-19/h1-4,11,17H,5-10H2. The van der Waals surface area contributed by atoms with Crippen molar-refractivity contribution >= 4 is 22.2 Å². The van der Waals surface area contributed by atoms with Crippen LogP contribution in [0.3, 0.4) is 0 Å². The third kappa shape index (κ3) is 3.92. The lowest BCUT2D eigenvalue weighted by atomic mass is 10.3. The number of anilines is 2. The fourth-order valence-electron chi connectivity index (χ4n) is 2.21. The molecule has 4 nitrogen and oxygen atoms in total. The summed E-state index contributed by atoms with van der Waals surface area (Å²) in [5.74, 6) is -0.213. The molecule has 1 aromatic heterocycles. The van der Waals surface area contributed by atoms with Gasteiger partial charge >= 0.3 is 0 Å². The molecule has 0 amide bonds. The molecule has 0 spiro atoms. The zero-order valence-electron chi connectivity index (χ0n) is 11.7. The fourth-order valence-corrected chi connectivity index (χ4v) is 3.13. The van der Waals surface area contributed by atoms with Crippen LogP contribution in [0.1, 0.15) is 5.69 Å². The number of aromatic nitrogens is 1. The van der Waals surface area contributed by atoms with Crippen LogP contribution in [0, 0.1) is 5.82 Å². The van der Waals surface area contributed by atoms with Gasteiger partial charge in [0.05, 0.1) is 18.9 Å². The Bertz CT molecular complexity index is 567. The van der Waals surface area contributed by atoms with E-state index in [1.807, 2.05) is 0 Å². The number of morpholine rings is 1. The van der Waals surface area contributed by atoms with Gasteiger partial charge in [-0.3, -0.25) is 0 Å². The summed E-state index contributed by atoms with van der Waals surface area (Å²) < 4.78 is 18.2. The minimum absolute atomic E-state index is 0.213. The first kappa shape index (κ1) is 14.3. The van der Waals surface area contributed by atoms with Crippen LogP contribution in [0.2, 0.25) is 0 Å². The van der Waals surface area contributed by atoms with Gasteiger partial charge < -0.3 is 15.0 Å². The number of hydrogen-bond donors (Lipinski definition) is 1. The highest BCUT2D eigenvalue weighted by Crippen LogP contribution is 2.21. The second-order valence-corrected chi connectivity index (χ2v) is 5.74. The lowest BCUT2D eigenvalue weighted by Gasteiger charge is -2.26. The van der Waals surface area contributed by atoms with Crippen LogP contribution in [-0.4, -0.2) is 37.8 Å². The molecule has 21 heavy (non-hydrogen) atoms. The maximum absolute atomic E-state index is 12.8. The van der Waals surface area contributed by atoms with E-state index in [9.17, 15) is 4.39 Å². The van der Waals surface area contributed by atoms with Crippen molar-refractivity contribution in [1.82, 2.24) is 4.98 Å². The molecule has 1 aromatic carbocycles. The van der Waals surface area contributed by atoms with Gasteiger partial charge in [0, 0.05) is 37.1 Å². The SMILES string of the molecule is Fc1ccc(NCCc2csc(N3CCOCC3)n2)cc1. The molecule has 1 aliphatic heterocycles. The average Bonchev–Trinajstić information content (AvgIpc) is 2.99. The molecule has 0 bridgehead atoms. The molecule has 1 saturated heterocycles. The van der Waals surface area contributed by atoms with Gasteiger partial charge in [0.2, 0.25) is 0 Å². The Morgan fingerprint density at radius 3 is 2.76 bits per heavy atom. The molecular formula is C15H18FN3OS. The van der Waals surface area contributed by atoms with Crippen LogP contribution >= 0.6 is 11.3 Å². The van der Waals surface area contributed by atoms with E-state index in [-0.39, 0.29) is 5.82 Å². The summed E-state index contributed by atoms with van der Waals surface area (Å²) in [6, 6.07) is 6.41. The smallest absolute Gasteiger partial charge is 0.185 e. The number of nitrogens with zero attached hydrogens (tertiary/aromatic N) is 2. The predicted molar refractivity (Wildman–Crippen MR) is 83.7 cm³/mol. The van der Waals surface area contributed by atoms with E-state index < -0.39 is 0 Å². The van der Waals surface area contributed by atoms with Gasteiger partial charge in [0.15, 0.2) is 5.13 Å². The van der Waals surface area contributed by atoms with Gasteiger partial charge in [-0.25, -0.2) is 9.37 Å². The molecule has 0 atom stereocenters. The topological polar surface area (TPSA) is 37.4 Å². The molecular weight excluding hydrogens is 289 g/mol. The third-order valence-corrected chi connectivity index (χ3v) is 4.33. The highest BCUT2D eigenvalue weighted by molar-refractivity contribution is 7.13. The molecule has 1 fully saturated rings. The summed E-state index contributed by atoms with van der Waals surface area (Å²) in [6.07, 6.45) is 0.859. The van der Waals surface area contributed by atoms with Gasteiger partial charge in [-0.15, -0.1) is 11.3 Å². The van der Waals surface area contributed by atoms with Crippen molar-refractivity contribution in [3.63, 3.8) is 0 Å². The highest BCUT2D eigenvalue weighted by atomic mass is 32.1. The number of benzene rings is 1. The molecule has 1 N–H and O–H groups in total. The summed E-state index contributed by atoms with van der Waals surface area (Å²) >= 11 is 1.69. The van der Waals surface area contributed by atoms with Crippen LogP contribution in [0.25, 0.3) is 0 Å². The average molecular weight is 307 g/mol. The van der Waals surface area contributed by atoms with Crippen molar-refractivity contribution in [2.75, 3.05) is 43.1 Å². The fraction of sp³-hybridized carbons (Fsp3) is 0.400. The number of halogens is 1. The first-order chi connectivity index (χ1) is 10.3. The van der Waals surface area contributed by atoms with Crippen LogP contribution in [0.4, 0.5) is 15.2 Å². The Hall–Kier alpha value is -1.66. The Morgan fingerprint density at radius 1 is 1.24 bits per heavy atom. The van der Waals surface area contributed by atoms with Crippen LogP contribution in [0.5, 0.6) is 0 Å². The van der Waals surface area contributed by atoms with E-state index in [2.05, 4.69) is 20.6 Å². The Labute approximate surface area is 127 Å². The molecule has 0 unspecified atom stereocenters. The van der Waals surface area contributed by atoms with Gasteiger partial charge in [0.1, 0.15) is 5.82 Å². The minimum atomic E-state index is -0.213. The number of nitrogens with one attached hydrogen (secondary N) is 1. The number of rotatable bonds is 5. The first-order valence-corrected chi connectivity index (χ1v) is 7.96. The summed E-state index contributed by atoms with van der Waals surface area (Å²) in [6.45, 7) is 4.18. The number of thiazole rings is 1. The Balaban J connectivity index is 1.49. The summed E-state index contributed by atoms with van der Waals surface area (Å²) in [5, 5.41) is 6.46. The van der Waals surface area contributed by atoms with Crippen molar-refractivity contribution in [3.8, 4) is 0 Å². The predicted octanol–water partition coefficient (Wildman–Crippen LogP) is 2.77. The van der Waals surface area contributed by atoms with Crippen molar-refractivity contribution in [1.29, 1.82) is 0 Å². The van der Waals surface area contributed by atoms with Crippen molar-refractivity contribution in [3.05, 3.63) is 41.2 Å². The van der Waals surface area contributed by atoms with Crippen molar-refractivity contribution < 1.29 is 9.13 Å². The maximum atomic E-state index is 12.8. The molecule has 112 valence electrons. The van der Waals surface area contributed by atoms with Gasteiger partial charge in [-0.05, 0) is 24.3 Å². The van der Waals surface area contributed by atoms with E-state index in [0.717, 1.165) is 55.8 Å². The molecule has 0 radical (unpaired) electrons. The van der Waals surface area contributed by atoms with Crippen LogP contribution < -0.4 is 10.2 Å². The van der Waals surface area contributed by atoms with Crippen molar-refractivity contribution in [2.45, 2.75) is 6.42 Å². The lowest BCUT2D eigenvalue weighted by Crippen LogP contribution is -2.36. The molecule has 2 heterocycles. The zero-order chi connectivity index (χ0) is 14.5. The quantitative estimate of drug-likeness (QED) is 0.922. The molecule has 0 saturated carbocycles. The largest absolute Gasteiger partial charge is 0.385 e. The number of hydrogen-bond acceptors (Lipinski definition) is 5. The maximum Gasteiger partial charge on any atom is 0.185 e. The second kappa shape index (κ2) is 6.87. The Morgan fingerprint density at radius 2 is 2.00 bits per heavy atom.